The Hall–Kier alpha value is -1.86. The van der Waals surface area contributed by atoms with Crippen molar-refractivity contribution in [1.82, 2.24) is 0 Å². The van der Waals surface area contributed by atoms with E-state index in [4.69, 9.17) is 35.4 Å². The molecule has 0 atom stereocenters. The highest BCUT2D eigenvalue weighted by atomic mass is 35.5. The lowest BCUT2D eigenvalue weighted by Crippen LogP contribution is -2.28. The number of hydrogen-bond donors (Lipinski definition) is 1. The van der Waals surface area contributed by atoms with Gasteiger partial charge in [0.15, 0.2) is 4.32 Å². The maximum Gasteiger partial charge on any atom is 0.335 e. The van der Waals surface area contributed by atoms with Gasteiger partial charge in [0.25, 0.3) is 5.91 Å². The number of thioether (sulfide) groups is 1. The highest BCUT2D eigenvalue weighted by molar-refractivity contribution is 8.27. The van der Waals surface area contributed by atoms with Crippen molar-refractivity contribution in [3.63, 3.8) is 0 Å². The van der Waals surface area contributed by atoms with Gasteiger partial charge < -0.3 is 5.11 Å². The summed E-state index contributed by atoms with van der Waals surface area (Å²) in [6, 6.07) is 9.65. The highest BCUT2D eigenvalue weighted by Crippen LogP contribution is 2.39. The summed E-state index contributed by atoms with van der Waals surface area (Å²) in [5, 5.41) is 10.0. The fourth-order valence-corrected chi connectivity index (χ4v) is 4.21. The summed E-state index contributed by atoms with van der Waals surface area (Å²) in [6.45, 7) is 1.79. The van der Waals surface area contributed by atoms with E-state index in [1.165, 1.54) is 17.0 Å². The molecule has 2 aromatic rings. The predicted molar refractivity (Wildman–Crippen MR) is 110 cm³/mol. The van der Waals surface area contributed by atoms with Gasteiger partial charge in [-0.2, -0.15) is 0 Å². The summed E-state index contributed by atoms with van der Waals surface area (Å²) in [5.74, 6) is -1.42. The van der Waals surface area contributed by atoms with Crippen LogP contribution in [0.2, 0.25) is 10.0 Å². The van der Waals surface area contributed by atoms with E-state index in [-0.39, 0.29) is 11.5 Å². The van der Waals surface area contributed by atoms with Gasteiger partial charge in [0.05, 0.1) is 16.2 Å². The van der Waals surface area contributed by atoms with E-state index in [0.717, 1.165) is 17.3 Å². The van der Waals surface area contributed by atoms with Crippen molar-refractivity contribution in [3.8, 4) is 0 Å². The second-order valence-corrected chi connectivity index (χ2v) is 7.95. The lowest BCUT2D eigenvalue weighted by molar-refractivity contribution is -0.113. The minimum Gasteiger partial charge on any atom is -0.478 e. The number of amides is 1. The van der Waals surface area contributed by atoms with Gasteiger partial charge >= 0.3 is 5.97 Å². The van der Waals surface area contributed by atoms with Crippen molar-refractivity contribution in [1.29, 1.82) is 0 Å². The summed E-state index contributed by atoms with van der Waals surface area (Å²) in [5.41, 5.74) is 1.80. The monoisotopic (exact) mass is 423 g/mol. The summed E-state index contributed by atoms with van der Waals surface area (Å²) < 4.78 is 0.315. The largest absolute Gasteiger partial charge is 0.478 e. The molecule has 132 valence electrons. The Bertz CT molecular complexity index is 968. The Kier molecular flexibility index (Phi) is 5.39. The molecular formula is C18H11Cl2NO3S2. The van der Waals surface area contributed by atoms with Gasteiger partial charge in [-0.15, -0.1) is 0 Å². The van der Waals surface area contributed by atoms with Crippen LogP contribution in [0.1, 0.15) is 21.5 Å². The topological polar surface area (TPSA) is 57.6 Å². The summed E-state index contributed by atoms with van der Waals surface area (Å²) >= 11 is 18.8. The Morgan fingerprint density at radius 2 is 1.88 bits per heavy atom. The molecule has 0 unspecified atom stereocenters. The fraction of sp³-hybridized carbons (Fsp3) is 0.0556. The number of aromatic carboxylic acids is 1. The quantitative estimate of drug-likeness (QED) is 0.528. The molecule has 1 aliphatic rings. The first kappa shape index (κ1) is 18.9. The number of nitrogens with zero attached hydrogens (tertiary/aromatic N) is 1. The summed E-state index contributed by atoms with van der Waals surface area (Å²) in [7, 11) is 0. The molecular weight excluding hydrogens is 413 g/mol. The third-order valence-corrected chi connectivity index (χ3v) is 5.73. The molecule has 4 nitrogen and oxygen atoms in total. The number of hydrogen-bond acceptors (Lipinski definition) is 4. The van der Waals surface area contributed by atoms with Gasteiger partial charge in [0.2, 0.25) is 0 Å². The van der Waals surface area contributed by atoms with Gasteiger partial charge in [0, 0.05) is 15.6 Å². The first-order valence-electron chi connectivity index (χ1n) is 7.35. The molecule has 26 heavy (non-hydrogen) atoms. The molecule has 0 spiro atoms. The minimum absolute atomic E-state index is 0.0813. The Labute approximate surface area is 169 Å². The third-order valence-electron chi connectivity index (χ3n) is 3.77. The van der Waals surface area contributed by atoms with Crippen LogP contribution in [0.5, 0.6) is 0 Å². The number of carboxylic acids is 1. The van der Waals surface area contributed by atoms with Crippen LogP contribution in [-0.4, -0.2) is 21.3 Å². The van der Waals surface area contributed by atoms with Gasteiger partial charge in [0.1, 0.15) is 0 Å². The van der Waals surface area contributed by atoms with E-state index in [1.54, 1.807) is 37.3 Å². The molecule has 3 rings (SSSR count). The molecule has 0 aromatic heterocycles. The molecule has 2 aromatic carbocycles. The van der Waals surface area contributed by atoms with E-state index in [2.05, 4.69) is 0 Å². The number of rotatable bonds is 3. The van der Waals surface area contributed by atoms with Crippen molar-refractivity contribution in [2.75, 3.05) is 4.90 Å². The van der Waals surface area contributed by atoms with Gasteiger partial charge in [-0.05, 0) is 42.8 Å². The highest BCUT2D eigenvalue weighted by Gasteiger charge is 2.34. The molecule has 1 aliphatic heterocycles. The zero-order chi connectivity index (χ0) is 19.0. The van der Waals surface area contributed by atoms with Crippen LogP contribution >= 0.6 is 47.2 Å². The Morgan fingerprint density at radius 3 is 2.50 bits per heavy atom. The Balaban J connectivity index is 2.04. The molecule has 0 bridgehead atoms. The number of thiocarbonyl (C=S) groups is 1. The van der Waals surface area contributed by atoms with Crippen LogP contribution in [0.15, 0.2) is 41.3 Å². The molecule has 0 radical (unpaired) electrons. The number of carbonyl (C=O) groups is 2. The van der Waals surface area contributed by atoms with Crippen molar-refractivity contribution >= 4 is 75.1 Å². The standard InChI is InChI=1S/C18H11Cl2NO3S2/c1-9-5-6-10(17(23)24)7-14(9)21-16(22)15(26-18(21)25)8-11-12(19)3-2-4-13(11)20/h2-8H,1H3,(H,23,24). The van der Waals surface area contributed by atoms with Crippen LogP contribution in [-0.2, 0) is 4.79 Å². The zero-order valence-electron chi connectivity index (χ0n) is 13.3. The number of benzene rings is 2. The number of carboxylic acid groups (broad SMARTS) is 1. The molecule has 1 saturated heterocycles. The molecule has 1 amide bonds. The number of anilines is 1. The smallest absolute Gasteiger partial charge is 0.335 e. The SMILES string of the molecule is Cc1ccc(C(=O)O)cc1N1C(=O)C(=Cc2c(Cl)cccc2Cl)SC1=S. The van der Waals surface area contributed by atoms with Crippen molar-refractivity contribution in [3.05, 3.63) is 68.0 Å². The maximum atomic E-state index is 12.9. The predicted octanol–water partition coefficient (Wildman–Crippen LogP) is 5.41. The van der Waals surface area contributed by atoms with E-state index >= 15 is 0 Å². The second-order valence-electron chi connectivity index (χ2n) is 5.46. The van der Waals surface area contributed by atoms with Crippen LogP contribution in [0, 0.1) is 6.92 Å². The summed E-state index contributed by atoms with van der Waals surface area (Å²) in [4.78, 5) is 25.8. The van der Waals surface area contributed by atoms with E-state index in [9.17, 15) is 14.7 Å². The summed E-state index contributed by atoms with van der Waals surface area (Å²) in [6.07, 6.45) is 1.60. The first-order chi connectivity index (χ1) is 12.3. The average Bonchev–Trinajstić information content (AvgIpc) is 2.85. The molecule has 1 heterocycles. The van der Waals surface area contributed by atoms with Crippen molar-refractivity contribution in [2.45, 2.75) is 6.92 Å². The zero-order valence-corrected chi connectivity index (χ0v) is 16.5. The lowest BCUT2D eigenvalue weighted by atomic mass is 10.1. The number of halogens is 2. The molecule has 1 fully saturated rings. The van der Waals surface area contributed by atoms with Gasteiger partial charge in [-0.3, -0.25) is 9.69 Å². The maximum absolute atomic E-state index is 12.9. The van der Waals surface area contributed by atoms with Crippen LogP contribution in [0.4, 0.5) is 5.69 Å². The molecule has 8 heteroatoms. The molecule has 0 saturated carbocycles. The second kappa shape index (κ2) is 7.40. The Morgan fingerprint density at radius 1 is 1.23 bits per heavy atom. The van der Waals surface area contributed by atoms with Gasteiger partial charge in [-0.25, -0.2) is 4.79 Å². The fourth-order valence-electron chi connectivity index (χ4n) is 2.44. The van der Waals surface area contributed by atoms with Crippen LogP contribution in [0.3, 0.4) is 0 Å². The third kappa shape index (κ3) is 3.50. The van der Waals surface area contributed by atoms with Gasteiger partial charge in [-0.1, -0.05) is 59.3 Å². The van der Waals surface area contributed by atoms with Crippen LogP contribution in [0.25, 0.3) is 6.08 Å². The minimum atomic E-state index is -1.07. The van der Waals surface area contributed by atoms with E-state index in [0.29, 0.717) is 30.5 Å². The normalized spacial score (nSPS) is 15.8. The van der Waals surface area contributed by atoms with Crippen molar-refractivity contribution in [2.24, 2.45) is 0 Å². The van der Waals surface area contributed by atoms with E-state index in [1.807, 2.05) is 0 Å². The average molecular weight is 424 g/mol. The number of aryl methyl sites for hydroxylation is 1. The van der Waals surface area contributed by atoms with E-state index < -0.39 is 5.97 Å². The van der Waals surface area contributed by atoms with Crippen LogP contribution < -0.4 is 4.90 Å². The number of carbonyl (C=O) groups excluding carboxylic acids is 1. The first-order valence-corrected chi connectivity index (χ1v) is 9.33. The van der Waals surface area contributed by atoms with Crippen molar-refractivity contribution < 1.29 is 14.7 Å². The molecule has 1 N–H and O–H groups in total. The lowest BCUT2D eigenvalue weighted by Gasteiger charge is -2.17. The molecule has 0 aliphatic carbocycles.